The standard InChI is InChI=1S/C29H33ClF2N7O4/c1-17-25(35-36-38(17)13-18-8-9-37(15-22(18)32)27(40)43-28(2,3)4)19-10-23(26-21(30)12-34-39(26)14-19)42-16-29(5,41)24-7-6-20(31)11-33-24/h6-7,10-14,18,22,41H,8-9,15-16H2,1-5H3/q+1/b38-13+/t18?,22-,29?/m0/s1. The van der Waals surface area contributed by atoms with Gasteiger partial charge in [0.2, 0.25) is 0 Å². The molecule has 2 unspecified atom stereocenters. The normalized spacial score (nSPS) is 21.5. The van der Waals surface area contributed by atoms with Crippen molar-refractivity contribution in [1.82, 2.24) is 19.5 Å². The molecule has 0 saturated carbocycles. The number of rotatable bonds is 6. The van der Waals surface area contributed by atoms with Gasteiger partial charge in [-0.25, -0.2) is 18.1 Å². The second kappa shape index (κ2) is 11.6. The highest BCUT2D eigenvalue weighted by atomic mass is 35.5. The van der Waals surface area contributed by atoms with Gasteiger partial charge in [-0.1, -0.05) is 11.6 Å². The van der Waals surface area contributed by atoms with Crippen molar-refractivity contribution in [2.75, 3.05) is 19.7 Å². The van der Waals surface area contributed by atoms with E-state index >= 15 is 4.39 Å². The summed E-state index contributed by atoms with van der Waals surface area (Å²) >= 11 is 6.39. The first kappa shape index (κ1) is 30.5. The van der Waals surface area contributed by atoms with E-state index in [0.29, 0.717) is 46.2 Å². The molecule has 0 spiro atoms. The van der Waals surface area contributed by atoms with Crippen LogP contribution >= 0.6 is 11.6 Å². The molecule has 0 radical (unpaired) electrons. The maximum Gasteiger partial charge on any atom is 0.410 e. The van der Waals surface area contributed by atoms with Gasteiger partial charge in [-0.15, -0.1) is 4.68 Å². The fourth-order valence-corrected chi connectivity index (χ4v) is 5.01. The van der Waals surface area contributed by atoms with Crippen LogP contribution < -0.4 is 4.74 Å². The van der Waals surface area contributed by atoms with Gasteiger partial charge in [0.15, 0.2) is 5.70 Å². The van der Waals surface area contributed by atoms with Crippen LogP contribution in [0.25, 0.3) is 11.2 Å². The molecule has 3 atom stereocenters. The lowest BCUT2D eigenvalue weighted by atomic mass is 9.96. The number of likely N-dealkylation sites (tertiary alicyclic amines) is 1. The molecular formula is C29H33ClF2N7O4+. The van der Waals surface area contributed by atoms with Crippen LogP contribution in [0.2, 0.25) is 5.02 Å². The number of hydrogen-bond donors (Lipinski definition) is 1. The van der Waals surface area contributed by atoms with E-state index in [4.69, 9.17) is 21.1 Å². The van der Waals surface area contributed by atoms with E-state index in [1.807, 2.05) is 0 Å². The summed E-state index contributed by atoms with van der Waals surface area (Å²) < 4.78 is 43.0. The van der Waals surface area contributed by atoms with Gasteiger partial charge in [-0.3, -0.25) is 4.98 Å². The molecule has 2 aliphatic heterocycles. The van der Waals surface area contributed by atoms with E-state index < -0.39 is 35.2 Å². The first-order valence-corrected chi connectivity index (χ1v) is 14.1. The Morgan fingerprint density at radius 1 is 1.28 bits per heavy atom. The second-order valence-electron chi connectivity index (χ2n) is 11.8. The zero-order valence-electron chi connectivity index (χ0n) is 24.5. The van der Waals surface area contributed by atoms with Crippen molar-refractivity contribution in [3.8, 4) is 5.75 Å². The van der Waals surface area contributed by atoms with Crippen LogP contribution in [0.3, 0.4) is 0 Å². The van der Waals surface area contributed by atoms with Gasteiger partial charge in [-0.05, 0) is 52.3 Å². The zero-order chi connectivity index (χ0) is 31.1. The van der Waals surface area contributed by atoms with Crippen LogP contribution in [0.1, 0.15) is 52.3 Å². The number of hydrogen-bond acceptors (Lipinski definition) is 8. The van der Waals surface area contributed by atoms with Crippen molar-refractivity contribution in [3.63, 3.8) is 0 Å². The molecule has 14 heteroatoms. The van der Waals surface area contributed by atoms with Crippen LogP contribution in [-0.4, -0.2) is 73.1 Å². The fourth-order valence-electron chi connectivity index (χ4n) is 4.79. The third-order valence-corrected chi connectivity index (χ3v) is 7.37. The van der Waals surface area contributed by atoms with Gasteiger partial charge >= 0.3 is 6.09 Å². The third-order valence-electron chi connectivity index (χ3n) is 7.10. The van der Waals surface area contributed by atoms with Crippen molar-refractivity contribution in [1.29, 1.82) is 0 Å². The van der Waals surface area contributed by atoms with Crippen LogP contribution in [0.5, 0.6) is 5.75 Å². The molecule has 2 aliphatic rings. The summed E-state index contributed by atoms with van der Waals surface area (Å²) in [6.07, 6.45) is 4.44. The number of fused-ring (bicyclic) bond motifs is 1. The summed E-state index contributed by atoms with van der Waals surface area (Å²) in [6, 6.07) is 4.30. The molecule has 0 aliphatic carbocycles. The zero-order valence-corrected chi connectivity index (χ0v) is 25.2. The second-order valence-corrected chi connectivity index (χ2v) is 12.2. The van der Waals surface area contributed by atoms with Crippen molar-refractivity contribution >= 4 is 35.1 Å². The number of alkyl halides is 1. The Morgan fingerprint density at radius 3 is 2.72 bits per heavy atom. The Bertz CT molecular complexity index is 1630. The van der Waals surface area contributed by atoms with Crippen molar-refractivity contribution < 1.29 is 32.8 Å². The monoisotopic (exact) mass is 616 g/mol. The minimum Gasteiger partial charge on any atom is -0.488 e. The number of carbonyl (C=O) groups excluding carboxylic acids is 1. The Balaban J connectivity index is 1.36. The molecule has 5 rings (SSSR count). The molecule has 1 saturated heterocycles. The molecule has 3 aromatic rings. The molecule has 5 heterocycles. The van der Waals surface area contributed by atoms with Gasteiger partial charge < -0.3 is 19.5 Å². The highest BCUT2D eigenvalue weighted by molar-refractivity contribution is 6.34. The highest BCUT2D eigenvalue weighted by Gasteiger charge is 2.36. The fraction of sp³-hybridized carbons (Fsp3) is 0.448. The summed E-state index contributed by atoms with van der Waals surface area (Å²) in [6.45, 7) is 8.68. The van der Waals surface area contributed by atoms with Gasteiger partial charge in [0.1, 0.15) is 52.5 Å². The third kappa shape index (κ3) is 6.67. The quantitative estimate of drug-likeness (QED) is 0.363. The molecule has 0 bridgehead atoms. The number of piperidine rings is 1. The number of aromatic nitrogens is 3. The highest BCUT2D eigenvalue weighted by Crippen LogP contribution is 2.35. The summed E-state index contributed by atoms with van der Waals surface area (Å²) in [5, 5.41) is 24.2. The number of halogens is 3. The van der Waals surface area contributed by atoms with Crippen LogP contribution in [0.4, 0.5) is 13.6 Å². The van der Waals surface area contributed by atoms with E-state index in [1.54, 1.807) is 46.2 Å². The molecular weight excluding hydrogens is 584 g/mol. The molecule has 43 heavy (non-hydrogen) atoms. The lowest BCUT2D eigenvalue weighted by Crippen LogP contribution is -2.47. The predicted molar refractivity (Wildman–Crippen MR) is 154 cm³/mol. The van der Waals surface area contributed by atoms with E-state index in [0.717, 1.165) is 6.20 Å². The minimum atomic E-state index is -1.54. The van der Waals surface area contributed by atoms with Crippen molar-refractivity contribution in [2.24, 2.45) is 16.3 Å². The number of carbonyl (C=O) groups is 1. The molecule has 11 nitrogen and oxygen atoms in total. The Labute approximate surface area is 252 Å². The number of nitrogens with zero attached hydrogens (tertiary/aromatic N) is 7. The van der Waals surface area contributed by atoms with Crippen LogP contribution in [-0.2, 0) is 10.3 Å². The van der Waals surface area contributed by atoms with Crippen molar-refractivity contribution in [2.45, 2.75) is 58.4 Å². The average molecular weight is 617 g/mol. The van der Waals surface area contributed by atoms with Crippen molar-refractivity contribution in [3.05, 3.63) is 64.6 Å². The molecule has 1 amide bonds. The van der Waals surface area contributed by atoms with Crippen LogP contribution in [0.15, 0.2) is 52.8 Å². The predicted octanol–water partition coefficient (Wildman–Crippen LogP) is 5.56. The molecule has 228 valence electrons. The maximum absolute atomic E-state index is 15.2. The maximum atomic E-state index is 15.2. The number of allylic oxidation sites excluding steroid dienone is 1. The average Bonchev–Trinajstić information content (AvgIpc) is 3.49. The van der Waals surface area contributed by atoms with E-state index in [-0.39, 0.29) is 18.8 Å². The number of pyridine rings is 2. The minimum absolute atomic E-state index is 0.0781. The summed E-state index contributed by atoms with van der Waals surface area (Å²) in [4.78, 5) is 17.7. The Morgan fingerprint density at radius 2 is 2.05 bits per heavy atom. The molecule has 1 fully saturated rings. The van der Waals surface area contributed by atoms with Gasteiger partial charge in [-0.2, -0.15) is 5.10 Å². The smallest absolute Gasteiger partial charge is 0.410 e. The first-order chi connectivity index (χ1) is 20.2. The summed E-state index contributed by atoms with van der Waals surface area (Å²) in [5.74, 6) is -0.686. The topological polar surface area (TPSA) is 117 Å². The number of ether oxygens (including phenoxy) is 2. The lowest BCUT2D eigenvalue weighted by Gasteiger charge is -2.33. The summed E-state index contributed by atoms with van der Waals surface area (Å²) in [5.41, 5.74) is 0.252. The molecule has 1 N–H and O–H groups in total. The van der Waals surface area contributed by atoms with E-state index in [2.05, 4.69) is 20.4 Å². The van der Waals surface area contributed by atoms with E-state index in [9.17, 15) is 14.3 Å². The number of amides is 1. The van der Waals surface area contributed by atoms with Gasteiger partial charge in [0.25, 0.3) is 5.70 Å². The van der Waals surface area contributed by atoms with Crippen LogP contribution in [0, 0.1) is 11.7 Å². The Kier molecular flexibility index (Phi) is 8.23. The Hall–Kier alpha value is -3.97. The SMILES string of the molecule is CC1=C(c2cc(OCC(C)(O)c3ccc(F)cn3)c3c(Cl)cnn3c2)N=N/[N+]1=C/C1CCN(C(=O)OC(C)(C)C)C[C@@H]1F. The largest absolute Gasteiger partial charge is 0.488 e. The lowest BCUT2D eigenvalue weighted by molar-refractivity contribution is -0.480. The molecule has 0 aromatic carbocycles. The number of aliphatic hydroxyl groups is 1. The van der Waals surface area contributed by atoms with E-state index in [1.165, 1.54) is 39.4 Å². The van der Waals surface area contributed by atoms with Gasteiger partial charge in [0, 0.05) is 19.7 Å². The van der Waals surface area contributed by atoms with Gasteiger partial charge in [0.05, 0.1) is 46.3 Å². The molecule has 3 aromatic heterocycles. The first-order valence-electron chi connectivity index (χ1n) is 13.7. The summed E-state index contributed by atoms with van der Waals surface area (Å²) in [7, 11) is 0.